The molecule has 29 heavy (non-hydrogen) atoms. The van der Waals surface area contributed by atoms with Crippen LogP contribution in [0.15, 0.2) is 77.8 Å². The predicted octanol–water partition coefficient (Wildman–Crippen LogP) is 3.94. The number of hydrogen-bond acceptors (Lipinski definition) is 5. The Balaban J connectivity index is 1.62. The number of nitrogens with one attached hydrogen (secondary N) is 2. The van der Waals surface area contributed by atoms with Crippen molar-refractivity contribution in [1.29, 1.82) is 0 Å². The van der Waals surface area contributed by atoms with Gasteiger partial charge in [0.25, 0.3) is 15.9 Å². The van der Waals surface area contributed by atoms with Crippen LogP contribution in [0.25, 0.3) is 0 Å². The van der Waals surface area contributed by atoms with Gasteiger partial charge in [-0.3, -0.25) is 9.52 Å². The average Bonchev–Trinajstić information content (AvgIpc) is 2.70. The third-order valence-corrected chi connectivity index (χ3v) is 5.45. The highest BCUT2D eigenvalue weighted by Gasteiger charge is 2.17. The molecule has 1 amide bonds. The molecule has 3 aromatic rings. The molecule has 0 radical (unpaired) electrons. The van der Waals surface area contributed by atoms with Crippen molar-refractivity contribution >= 4 is 39.0 Å². The minimum atomic E-state index is -3.78. The molecule has 1 heterocycles. The lowest BCUT2D eigenvalue weighted by Gasteiger charge is -2.15. The van der Waals surface area contributed by atoms with Crippen LogP contribution < -0.4 is 14.8 Å². The van der Waals surface area contributed by atoms with Crippen LogP contribution in [-0.2, 0) is 14.8 Å². The lowest BCUT2D eigenvalue weighted by Crippen LogP contribution is -2.30. The van der Waals surface area contributed by atoms with Gasteiger partial charge in [0.15, 0.2) is 6.10 Å². The van der Waals surface area contributed by atoms with Crippen molar-refractivity contribution < 1.29 is 17.9 Å². The smallest absolute Gasteiger partial charge is 0.265 e. The molecule has 1 aromatic heterocycles. The molecule has 0 aliphatic rings. The molecule has 0 spiro atoms. The second kappa shape index (κ2) is 8.93. The van der Waals surface area contributed by atoms with E-state index in [2.05, 4.69) is 15.0 Å². The molecule has 2 N–H and O–H groups in total. The van der Waals surface area contributed by atoms with Crippen molar-refractivity contribution in [2.45, 2.75) is 17.9 Å². The fourth-order valence-electron chi connectivity index (χ4n) is 2.35. The van der Waals surface area contributed by atoms with Gasteiger partial charge in [-0.15, -0.1) is 0 Å². The van der Waals surface area contributed by atoms with Gasteiger partial charge in [0.1, 0.15) is 11.6 Å². The van der Waals surface area contributed by atoms with Crippen molar-refractivity contribution in [1.82, 2.24) is 4.98 Å². The van der Waals surface area contributed by atoms with Crippen LogP contribution in [0.1, 0.15) is 6.92 Å². The van der Waals surface area contributed by atoms with E-state index >= 15 is 0 Å². The SMILES string of the molecule is C[C@H](Oc1ccc(Cl)cc1)C(=O)Nc1ccc(S(=O)(=O)Nc2ccccn2)cc1. The first kappa shape index (κ1) is 20.6. The number of hydrogen-bond donors (Lipinski definition) is 2. The fraction of sp³-hybridized carbons (Fsp3) is 0.100. The quantitative estimate of drug-likeness (QED) is 0.590. The molecule has 9 heteroatoms. The summed E-state index contributed by atoms with van der Waals surface area (Å²) in [5.74, 6) is 0.360. The van der Waals surface area contributed by atoms with E-state index in [1.807, 2.05) is 0 Å². The largest absolute Gasteiger partial charge is 0.481 e. The number of anilines is 2. The zero-order valence-electron chi connectivity index (χ0n) is 15.4. The summed E-state index contributed by atoms with van der Waals surface area (Å²) in [4.78, 5) is 16.3. The number of pyridine rings is 1. The van der Waals surface area contributed by atoms with Crippen LogP contribution in [0.5, 0.6) is 5.75 Å². The number of sulfonamides is 1. The molecule has 0 fully saturated rings. The lowest BCUT2D eigenvalue weighted by atomic mass is 10.3. The number of halogens is 1. The Morgan fingerprint density at radius 2 is 1.72 bits per heavy atom. The van der Waals surface area contributed by atoms with Crippen LogP contribution in [0.2, 0.25) is 5.02 Å². The molecule has 0 bridgehead atoms. The molecule has 2 aromatic carbocycles. The molecule has 0 saturated heterocycles. The molecular weight excluding hydrogens is 414 g/mol. The number of carbonyl (C=O) groups is 1. The van der Waals surface area contributed by atoms with Crippen LogP contribution in [0, 0.1) is 0 Å². The van der Waals surface area contributed by atoms with Gasteiger partial charge in [-0.2, -0.15) is 0 Å². The summed E-state index contributed by atoms with van der Waals surface area (Å²) in [6.45, 7) is 1.61. The van der Waals surface area contributed by atoms with Gasteiger partial charge in [0.05, 0.1) is 4.90 Å². The van der Waals surface area contributed by atoms with Gasteiger partial charge in [-0.1, -0.05) is 17.7 Å². The highest BCUT2D eigenvalue weighted by molar-refractivity contribution is 7.92. The molecular formula is C20H18ClN3O4S. The summed E-state index contributed by atoms with van der Waals surface area (Å²) in [7, 11) is -3.78. The number of ether oxygens (including phenoxy) is 1. The minimum absolute atomic E-state index is 0.0478. The van der Waals surface area contributed by atoms with Crippen molar-refractivity contribution in [3.8, 4) is 5.75 Å². The number of amides is 1. The van der Waals surface area contributed by atoms with Gasteiger partial charge in [-0.25, -0.2) is 13.4 Å². The van der Waals surface area contributed by atoms with Gasteiger partial charge < -0.3 is 10.1 Å². The maximum absolute atomic E-state index is 12.4. The number of aromatic nitrogens is 1. The van der Waals surface area contributed by atoms with Crippen molar-refractivity contribution in [2.75, 3.05) is 10.0 Å². The van der Waals surface area contributed by atoms with Gasteiger partial charge in [-0.05, 0) is 67.6 Å². The van der Waals surface area contributed by atoms with E-state index in [-0.39, 0.29) is 16.6 Å². The van der Waals surface area contributed by atoms with Gasteiger partial charge in [0, 0.05) is 16.9 Å². The Bertz CT molecular complexity index is 1070. The highest BCUT2D eigenvalue weighted by Crippen LogP contribution is 2.19. The second-order valence-corrected chi connectivity index (χ2v) is 8.17. The molecule has 0 unspecified atom stereocenters. The van der Waals surface area contributed by atoms with Crippen LogP contribution in [0.4, 0.5) is 11.5 Å². The molecule has 7 nitrogen and oxygen atoms in total. The lowest BCUT2D eigenvalue weighted by molar-refractivity contribution is -0.122. The van der Waals surface area contributed by atoms with E-state index < -0.39 is 16.1 Å². The Morgan fingerprint density at radius 1 is 1.03 bits per heavy atom. The first-order chi connectivity index (χ1) is 13.8. The Kier molecular flexibility index (Phi) is 6.36. The fourth-order valence-corrected chi connectivity index (χ4v) is 3.49. The predicted molar refractivity (Wildman–Crippen MR) is 112 cm³/mol. The van der Waals surface area contributed by atoms with Crippen molar-refractivity contribution in [3.63, 3.8) is 0 Å². The van der Waals surface area contributed by atoms with Crippen molar-refractivity contribution in [2.24, 2.45) is 0 Å². The van der Waals surface area contributed by atoms with E-state index in [1.165, 1.54) is 30.5 Å². The van der Waals surface area contributed by atoms with Gasteiger partial charge >= 0.3 is 0 Å². The normalized spacial score (nSPS) is 12.1. The molecule has 150 valence electrons. The summed E-state index contributed by atoms with van der Waals surface area (Å²) < 4.78 is 32.8. The van der Waals surface area contributed by atoms with Gasteiger partial charge in [0.2, 0.25) is 0 Å². The van der Waals surface area contributed by atoms with E-state index in [9.17, 15) is 13.2 Å². The second-order valence-electron chi connectivity index (χ2n) is 6.05. The minimum Gasteiger partial charge on any atom is -0.481 e. The van der Waals surface area contributed by atoms with Crippen LogP contribution >= 0.6 is 11.6 Å². The number of rotatable bonds is 7. The molecule has 0 aliphatic heterocycles. The number of benzene rings is 2. The van der Waals surface area contributed by atoms with E-state index in [0.29, 0.717) is 16.5 Å². The maximum atomic E-state index is 12.4. The third-order valence-electron chi connectivity index (χ3n) is 3.83. The summed E-state index contributed by atoms with van der Waals surface area (Å²) in [5, 5.41) is 3.26. The summed E-state index contributed by atoms with van der Waals surface area (Å²) in [6.07, 6.45) is 0.731. The van der Waals surface area contributed by atoms with E-state index in [4.69, 9.17) is 16.3 Å². The highest BCUT2D eigenvalue weighted by atomic mass is 35.5. The molecule has 0 saturated carbocycles. The summed E-state index contributed by atoms with van der Waals surface area (Å²) in [5.41, 5.74) is 0.443. The number of carbonyl (C=O) groups excluding carboxylic acids is 1. The average molecular weight is 432 g/mol. The molecule has 1 atom stereocenters. The van der Waals surface area contributed by atoms with E-state index in [1.54, 1.807) is 49.4 Å². The Labute approximate surface area is 173 Å². The molecule has 0 aliphatic carbocycles. The number of nitrogens with zero attached hydrogens (tertiary/aromatic N) is 1. The van der Waals surface area contributed by atoms with Crippen LogP contribution in [-0.4, -0.2) is 25.4 Å². The first-order valence-electron chi connectivity index (χ1n) is 8.60. The monoisotopic (exact) mass is 431 g/mol. The summed E-state index contributed by atoms with van der Waals surface area (Å²) in [6, 6.07) is 17.4. The summed E-state index contributed by atoms with van der Waals surface area (Å²) >= 11 is 5.82. The topological polar surface area (TPSA) is 97.4 Å². The molecule has 3 rings (SSSR count). The standard InChI is InChI=1S/C20H18ClN3O4S/c1-14(28-17-9-5-15(21)6-10-17)20(25)23-16-7-11-18(12-8-16)29(26,27)24-19-4-2-3-13-22-19/h2-14H,1H3,(H,22,24)(H,23,25)/t14-/m0/s1. The van der Waals surface area contributed by atoms with E-state index in [0.717, 1.165) is 0 Å². The first-order valence-corrected chi connectivity index (χ1v) is 10.5. The van der Waals surface area contributed by atoms with Crippen LogP contribution in [0.3, 0.4) is 0 Å². The zero-order chi connectivity index (χ0) is 20.9. The third kappa shape index (κ3) is 5.69. The maximum Gasteiger partial charge on any atom is 0.265 e. The zero-order valence-corrected chi connectivity index (χ0v) is 16.9. The van der Waals surface area contributed by atoms with Crippen molar-refractivity contribution in [3.05, 3.63) is 77.9 Å². The Morgan fingerprint density at radius 3 is 2.34 bits per heavy atom. The Hall–Kier alpha value is -3.10.